The van der Waals surface area contributed by atoms with Crippen LogP contribution in [0.25, 0.3) is 5.95 Å². The summed E-state index contributed by atoms with van der Waals surface area (Å²) in [4.78, 5) is 36.4. The van der Waals surface area contributed by atoms with Gasteiger partial charge in [-0.25, -0.2) is 9.67 Å². The molecule has 8 nitrogen and oxygen atoms in total. The van der Waals surface area contributed by atoms with Crippen molar-refractivity contribution in [1.29, 1.82) is 0 Å². The number of piperazine rings is 1. The number of aromatic amines is 1. The average molecular weight is 358 g/mol. The number of aromatic nitrogens is 4. The minimum Gasteiger partial charge on any atom is -0.336 e. The quantitative estimate of drug-likeness (QED) is 0.878. The molecule has 0 spiro atoms. The number of rotatable bonds is 4. The van der Waals surface area contributed by atoms with Crippen LogP contribution in [-0.4, -0.2) is 68.7 Å². The van der Waals surface area contributed by atoms with Crippen molar-refractivity contribution < 1.29 is 4.79 Å². The molecule has 3 heterocycles. The lowest BCUT2D eigenvalue weighted by Gasteiger charge is -2.32. The third-order valence-corrected chi connectivity index (χ3v) is 4.96. The fourth-order valence-corrected chi connectivity index (χ4v) is 3.12. The lowest BCUT2D eigenvalue weighted by Crippen LogP contribution is -2.47. The number of nitrogens with zero attached hydrogens (tertiary/aromatic N) is 5. The van der Waals surface area contributed by atoms with Crippen molar-refractivity contribution in [2.45, 2.75) is 33.6 Å². The number of carbonyl (C=O) groups is 1. The van der Waals surface area contributed by atoms with E-state index in [9.17, 15) is 9.59 Å². The molecule has 26 heavy (non-hydrogen) atoms. The number of hydrogen-bond acceptors (Lipinski definition) is 5. The van der Waals surface area contributed by atoms with E-state index in [-0.39, 0.29) is 11.5 Å². The molecule has 1 fully saturated rings. The van der Waals surface area contributed by atoms with E-state index in [0.717, 1.165) is 25.2 Å². The van der Waals surface area contributed by atoms with Gasteiger partial charge in [0.15, 0.2) is 0 Å². The van der Waals surface area contributed by atoms with E-state index in [4.69, 9.17) is 0 Å². The molecule has 2 aromatic heterocycles. The zero-order valence-corrected chi connectivity index (χ0v) is 15.9. The Morgan fingerprint density at radius 2 is 1.92 bits per heavy atom. The maximum absolute atomic E-state index is 13.0. The van der Waals surface area contributed by atoms with Crippen LogP contribution < -0.4 is 5.56 Å². The summed E-state index contributed by atoms with van der Waals surface area (Å²) in [5, 5.41) is 4.37. The number of likely N-dealkylation sites (N-methyl/N-ethyl adjacent to an activating group) is 1. The van der Waals surface area contributed by atoms with Gasteiger partial charge in [0.25, 0.3) is 11.5 Å². The second kappa shape index (κ2) is 7.41. The molecule has 0 unspecified atom stereocenters. The van der Waals surface area contributed by atoms with E-state index >= 15 is 0 Å². The molecular formula is C18H26N6O2. The summed E-state index contributed by atoms with van der Waals surface area (Å²) in [6.07, 6.45) is 3.15. The van der Waals surface area contributed by atoms with E-state index in [0.29, 0.717) is 42.3 Å². The van der Waals surface area contributed by atoms with Crippen molar-refractivity contribution in [2.75, 3.05) is 33.2 Å². The second-order valence-electron chi connectivity index (χ2n) is 6.86. The standard InChI is InChI=1S/C18H26N6O2/c1-5-6-15-14(17(26)23-9-7-22(4)8-10-23)11-19-24(15)18-20-13(3)12(2)16(25)21-18/h11H,5-10H2,1-4H3,(H,20,21,25). The van der Waals surface area contributed by atoms with Crippen LogP contribution in [0.2, 0.25) is 0 Å². The third kappa shape index (κ3) is 3.41. The molecule has 1 saturated heterocycles. The largest absolute Gasteiger partial charge is 0.336 e. The molecule has 0 saturated carbocycles. The Bertz CT molecular complexity index is 861. The van der Waals surface area contributed by atoms with Gasteiger partial charge in [0.2, 0.25) is 5.95 Å². The number of H-pyrrole nitrogens is 1. The zero-order valence-electron chi connectivity index (χ0n) is 15.9. The zero-order chi connectivity index (χ0) is 18.8. The molecule has 3 rings (SSSR count). The summed E-state index contributed by atoms with van der Waals surface area (Å²) in [5.41, 5.74) is 2.46. The maximum atomic E-state index is 13.0. The molecule has 0 aromatic carbocycles. The Morgan fingerprint density at radius 1 is 1.23 bits per heavy atom. The molecule has 2 aromatic rings. The Balaban J connectivity index is 1.99. The minimum absolute atomic E-state index is 0.000944. The van der Waals surface area contributed by atoms with Crippen molar-refractivity contribution in [2.24, 2.45) is 0 Å². The molecular weight excluding hydrogens is 332 g/mol. The Labute approximate surface area is 152 Å². The van der Waals surface area contributed by atoms with Gasteiger partial charge in [-0.05, 0) is 27.3 Å². The highest BCUT2D eigenvalue weighted by atomic mass is 16.2. The number of amides is 1. The van der Waals surface area contributed by atoms with Gasteiger partial charge in [0.05, 0.1) is 17.5 Å². The fourth-order valence-electron chi connectivity index (χ4n) is 3.12. The van der Waals surface area contributed by atoms with Crippen LogP contribution in [0, 0.1) is 13.8 Å². The van der Waals surface area contributed by atoms with E-state index in [1.165, 1.54) is 0 Å². The molecule has 140 valence electrons. The highest BCUT2D eigenvalue weighted by molar-refractivity contribution is 5.95. The molecule has 1 N–H and O–H groups in total. The van der Waals surface area contributed by atoms with Crippen LogP contribution in [0.5, 0.6) is 0 Å². The van der Waals surface area contributed by atoms with Crippen LogP contribution in [-0.2, 0) is 6.42 Å². The van der Waals surface area contributed by atoms with Crippen molar-refractivity contribution >= 4 is 5.91 Å². The average Bonchev–Trinajstić information content (AvgIpc) is 3.03. The summed E-state index contributed by atoms with van der Waals surface area (Å²) >= 11 is 0. The molecule has 0 radical (unpaired) electrons. The molecule has 0 aliphatic carbocycles. The Hall–Kier alpha value is -2.48. The van der Waals surface area contributed by atoms with Crippen LogP contribution >= 0.6 is 0 Å². The van der Waals surface area contributed by atoms with Gasteiger partial charge in [-0.3, -0.25) is 14.6 Å². The van der Waals surface area contributed by atoms with Crippen molar-refractivity contribution in [3.8, 4) is 5.95 Å². The van der Waals surface area contributed by atoms with Crippen LogP contribution in [0.1, 0.15) is 40.7 Å². The van der Waals surface area contributed by atoms with Gasteiger partial charge in [0.1, 0.15) is 0 Å². The topological polar surface area (TPSA) is 87.1 Å². The summed E-state index contributed by atoms with van der Waals surface area (Å²) in [7, 11) is 2.06. The molecule has 1 aliphatic heterocycles. The molecule has 8 heteroatoms. The van der Waals surface area contributed by atoms with E-state index < -0.39 is 0 Å². The number of aryl methyl sites for hydroxylation is 1. The van der Waals surface area contributed by atoms with Gasteiger partial charge in [-0.1, -0.05) is 13.3 Å². The van der Waals surface area contributed by atoms with Crippen LogP contribution in [0.4, 0.5) is 0 Å². The first-order valence-electron chi connectivity index (χ1n) is 9.05. The molecule has 0 bridgehead atoms. The SMILES string of the molecule is CCCc1c(C(=O)N2CCN(C)CC2)cnn1-c1nc(C)c(C)c(=O)[nH]1. The predicted molar refractivity (Wildman–Crippen MR) is 98.8 cm³/mol. The second-order valence-corrected chi connectivity index (χ2v) is 6.86. The van der Waals surface area contributed by atoms with E-state index in [1.807, 2.05) is 4.90 Å². The molecule has 1 amide bonds. The Kier molecular flexibility index (Phi) is 5.22. The van der Waals surface area contributed by atoms with Crippen molar-refractivity contribution in [3.63, 3.8) is 0 Å². The lowest BCUT2D eigenvalue weighted by molar-refractivity contribution is 0.0663. The predicted octanol–water partition coefficient (Wildman–Crippen LogP) is 0.913. The highest BCUT2D eigenvalue weighted by Gasteiger charge is 2.25. The Morgan fingerprint density at radius 3 is 2.54 bits per heavy atom. The fraction of sp³-hybridized carbons (Fsp3) is 0.556. The minimum atomic E-state index is -0.183. The first-order valence-corrected chi connectivity index (χ1v) is 9.05. The molecule has 1 aliphatic rings. The summed E-state index contributed by atoms with van der Waals surface area (Å²) < 4.78 is 1.60. The van der Waals surface area contributed by atoms with Crippen LogP contribution in [0.15, 0.2) is 11.0 Å². The number of hydrogen-bond donors (Lipinski definition) is 1. The van der Waals surface area contributed by atoms with Gasteiger partial charge in [-0.15, -0.1) is 0 Å². The van der Waals surface area contributed by atoms with Crippen LogP contribution in [0.3, 0.4) is 0 Å². The van der Waals surface area contributed by atoms with Gasteiger partial charge in [0, 0.05) is 37.4 Å². The highest BCUT2D eigenvalue weighted by Crippen LogP contribution is 2.17. The smallest absolute Gasteiger partial charge is 0.257 e. The monoisotopic (exact) mass is 358 g/mol. The first-order chi connectivity index (χ1) is 12.4. The van der Waals surface area contributed by atoms with E-state index in [1.54, 1.807) is 24.7 Å². The molecule has 0 atom stereocenters. The van der Waals surface area contributed by atoms with Crippen molar-refractivity contribution in [3.05, 3.63) is 39.1 Å². The first kappa shape index (κ1) is 18.3. The summed E-state index contributed by atoms with van der Waals surface area (Å²) in [5.74, 6) is 0.359. The third-order valence-electron chi connectivity index (χ3n) is 4.96. The normalized spacial score (nSPS) is 15.5. The van der Waals surface area contributed by atoms with Crippen molar-refractivity contribution in [1.82, 2.24) is 29.5 Å². The number of nitrogens with one attached hydrogen (secondary N) is 1. The lowest BCUT2D eigenvalue weighted by atomic mass is 10.1. The number of carbonyl (C=O) groups excluding carboxylic acids is 1. The van der Waals surface area contributed by atoms with E-state index in [2.05, 4.69) is 33.9 Å². The van der Waals surface area contributed by atoms with Gasteiger partial charge in [-0.2, -0.15) is 5.10 Å². The van der Waals surface area contributed by atoms with Gasteiger partial charge < -0.3 is 9.80 Å². The summed E-state index contributed by atoms with van der Waals surface area (Å²) in [6, 6.07) is 0. The maximum Gasteiger partial charge on any atom is 0.257 e. The van der Waals surface area contributed by atoms with Gasteiger partial charge >= 0.3 is 0 Å². The summed E-state index contributed by atoms with van der Waals surface area (Å²) in [6.45, 7) is 8.76.